The smallest absolute Gasteiger partial charge is 0.0891 e. The zero-order valence-corrected chi connectivity index (χ0v) is 6.29. The van der Waals surface area contributed by atoms with Crippen molar-refractivity contribution in [2.75, 3.05) is 5.73 Å². The maximum Gasteiger partial charge on any atom is 0.0891 e. The molecule has 0 aromatic carbocycles. The van der Waals surface area contributed by atoms with E-state index in [9.17, 15) is 0 Å². The molecule has 0 saturated heterocycles. The molecule has 0 aliphatic carbocycles. The molecule has 2 heteroatoms. The summed E-state index contributed by atoms with van der Waals surface area (Å²) in [6, 6.07) is 0. The molecule has 1 nitrogen and oxygen atoms in total. The maximum absolute atomic E-state index is 5.63. The molecule has 2 N–H and O–H groups in total. The first-order chi connectivity index (χ1) is 4.25. The summed E-state index contributed by atoms with van der Waals surface area (Å²) in [4.78, 5) is 0. The van der Waals surface area contributed by atoms with Crippen molar-refractivity contribution in [2.24, 2.45) is 0 Å². The number of nitrogen functional groups attached to an aromatic ring is 1. The average Bonchev–Trinajstić information content (AvgIpc) is 2.12. The van der Waals surface area contributed by atoms with Crippen molar-refractivity contribution in [3.8, 4) is 0 Å². The second-order valence-corrected chi connectivity index (χ2v) is 2.92. The van der Waals surface area contributed by atoms with Crippen LogP contribution in [0.4, 0.5) is 5.00 Å². The Kier molecular flexibility index (Phi) is 1.76. The molecule has 0 saturated carbocycles. The predicted molar refractivity (Wildman–Crippen MR) is 42.5 cm³/mol. The molecule has 1 aromatic rings. The fraction of sp³-hybridized carbons (Fsp3) is 0.286. The monoisotopic (exact) mass is 140 g/mol. The Morgan fingerprint density at radius 2 is 2.44 bits per heavy atom. The van der Waals surface area contributed by atoms with Crippen LogP contribution < -0.4 is 5.73 Å². The third-order valence-electron chi connectivity index (χ3n) is 1.39. The first-order valence-electron chi connectivity index (χ1n) is 2.87. The summed E-state index contributed by atoms with van der Waals surface area (Å²) >= 11 is 1.59. The summed E-state index contributed by atoms with van der Waals surface area (Å²) in [6.07, 6.45) is 0.807. The second-order valence-electron chi connectivity index (χ2n) is 2.01. The van der Waals surface area contributed by atoms with E-state index in [0.29, 0.717) is 0 Å². The SMILES string of the molecule is [CH2]Cc1c(C)csc1N. The van der Waals surface area contributed by atoms with Crippen LogP contribution in [0.5, 0.6) is 0 Å². The number of anilines is 1. The molecule has 9 heavy (non-hydrogen) atoms. The van der Waals surface area contributed by atoms with Gasteiger partial charge in [0.05, 0.1) is 5.00 Å². The van der Waals surface area contributed by atoms with E-state index in [1.54, 1.807) is 11.3 Å². The van der Waals surface area contributed by atoms with Crippen LogP contribution in [0.3, 0.4) is 0 Å². The average molecular weight is 140 g/mol. The van der Waals surface area contributed by atoms with Gasteiger partial charge in [-0.05, 0) is 36.8 Å². The van der Waals surface area contributed by atoms with Crippen molar-refractivity contribution in [3.05, 3.63) is 23.4 Å². The van der Waals surface area contributed by atoms with Crippen LogP contribution in [-0.2, 0) is 6.42 Å². The second kappa shape index (κ2) is 2.40. The molecule has 0 spiro atoms. The minimum atomic E-state index is 0.807. The molecule has 0 bridgehead atoms. The van der Waals surface area contributed by atoms with Gasteiger partial charge in [0.15, 0.2) is 0 Å². The topological polar surface area (TPSA) is 26.0 Å². The lowest BCUT2D eigenvalue weighted by Gasteiger charge is -1.93. The standard InChI is InChI=1S/C7H10NS/c1-3-6-5(2)4-9-7(6)8/h4H,1,3,8H2,2H3. The predicted octanol–water partition coefficient (Wildman–Crippen LogP) is 2.02. The highest BCUT2D eigenvalue weighted by Crippen LogP contribution is 2.23. The summed E-state index contributed by atoms with van der Waals surface area (Å²) in [7, 11) is 0. The lowest BCUT2D eigenvalue weighted by Crippen LogP contribution is -1.87. The van der Waals surface area contributed by atoms with Crippen molar-refractivity contribution >= 4 is 16.3 Å². The summed E-state index contributed by atoms with van der Waals surface area (Å²) in [5.74, 6) is 0. The van der Waals surface area contributed by atoms with Crippen LogP contribution in [0.1, 0.15) is 11.1 Å². The molecule has 0 fully saturated rings. The Morgan fingerprint density at radius 1 is 1.78 bits per heavy atom. The number of aryl methyl sites for hydroxylation is 1. The first kappa shape index (κ1) is 6.62. The number of hydrogen-bond acceptors (Lipinski definition) is 2. The van der Waals surface area contributed by atoms with Gasteiger partial charge in [0.1, 0.15) is 0 Å². The molecule has 1 heterocycles. The van der Waals surface area contributed by atoms with Gasteiger partial charge in [-0.2, -0.15) is 0 Å². The van der Waals surface area contributed by atoms with Gasteiger partial charge in [-0.3, -0.25) is 0 Å². The number of nitrogens with two attached hydrogens (primary N) is 1. The summed E-state index contributed by atoms with van der Waals surface area (Å²) in [5.41, 5.74) is 8.11. The Bertz CT molecular complexity index is 183. The zero-order chi connectivity index (χ0) is 6.85. The molecule has 1 radical (unpaired) electrons. The van der Waals surface area contributed by atoms with E-state index in [1.165, 1.54) is 11.1 Å². The van der Waals surface area contributed by atoms with Gasteiger partial charge in [-0.15, -0.1) is 11.3 Å². The zero-order valence-electron chi connectivity index (χ0n) is 5.48. The van der Waals surface area contributed by atoms with Crippen LogP contribution in [0.25, 0.3) is 0 Å². The highest BCUT2D eigenvalue weighted by Gasteiger charge is 2.00. The fourth-order valence-electron chi connectivity index (χ4n) is 0.809. The van der Waals surface area contributed by atoms with Crippen molar-refractivity contribution in [1.82, 2.24) is 0 Å². The highest BCUT2D eigenvalue weighted by molar-refractivity contribution is 7.14. The van der Waals surface area contributed by atoms with Crippen LogP contribution in [0.15, 0.2) is 5.38 Å². The van der Waals surface area contributed by atoms with Crippen molar-refractivity contribution < 1.29 is 0 Å². The molecule has 49 valence electrons. The maximum atomic E-state index is 5.63. The summed E-state index contributed by atoms with van der Waals surface area (Å²) < 4.78 is 0. The lowest BCUT2D eigenvalue weighted by atomic mass is 10.2. The Balaban J connectivity index is 3.07. The third-order valence-corrected chi connectivity index (χ3v) is 2.36. The van der Waals surface area contributed by atoms with Gasteiger partial charge in [0, 0.05) is 0 Å². The van der Waals surface area contributed by atoms with Crippen LogP contribution in [0, 0.1) is 13.8 Å². The van der Waals surface area contributed by atoms with Crippen LogP contribution >= 0.6 is 11.3 Å². The molecule has 0 atom stereocenters. The largest absolute Gasteiger partial charge is 0.390 e. The van der Waals surface area contributed by atoms with Crippen LogP contribution in [-0.4, -0.2) is 0 Å². The normalized spacial score (nSPS) is 10.0. The number of thiophene rings is 1. The van der Waals surface area contributed by atoms with E-state index in [0.717, 1.165) is 11.4 Å². The minimum absolute atomic E-state index is 0.807. The summed E-state index contributed by atoms with van der Waals surface area (Å²) in [5, 5.41) is 2.98. The minimum Gasteiger partial charge on any atom is -0.390 e. The first-order valence-corrected chi connectivity index (χ1v) is 3.75. The molecular weight excluding hydrogens is 130 g/mol. The van der Waals surface area contributed by atoms with Crippen molar-refractivity contribution in [2.45, 2.75) is 13.3 Å². The van der Waals surface area contributed by atoms with E-state index in [2.05, 4.69) is 19.2 Å². The van der Waals surface area contributed by atoms with Gasteiger partial charge in [0.2, 0.25) is 0 Å². The highest BCUT2D eigenvalue weighted by atomic mass is 32.1. The number of hydrogen-bond donors (Lipinski definition) is 1. The van der Waals surface area contributed by atoms with Gasteiger partial charge in [-0.25, -0.2) is 0 Å². The molecule has 0 unspecified atom stereocenters. The molecule has 0 aliphatic rings. The quantitative estimate of drug-likeness (QED) is 0.634. The molecule has 0 amide bonds. The molecule has 1 aromatic heterocycles. The van der Waals surface area contributed by atoms with E-state index in [-0.39, 0.29) is 0 Å². The number of rotatable bonds is 1. The Labute approximate surface area is 59.5 Å². The van der Waals surface area contributed by atoms with Gasteiger partial charge >= 0.3 is 0 Å². The van der Waals surface area contributed by atoms with Crippen molar-refractivity contribution in [3.63, 3.8) is 0 Å². The molecule has 0 aliphatic heterocycles. The molecular formula is C7H10NS. The van der Waals surface area contributed by atoms with E-state index in [1.807, 2.05) is 0 Å². The van der Waals surface area contributed by atoms with E-state index < -0.39 is 0 Å². The van der Waals surface area contributed by atoms with E-state index in [4.69, 9.17) is 5.73 Å². The van der Waals surface area contributed by atoms with Gasteiger partial charge in [-0.1, -0.05) is 0 Å². The van der Waals surface area contributed by atoms with Gasteiger partial charge < -0.3 is 5.73 Å². The lowest BCUT2D eigenvalue weighted by molar-refractivity contribution is 1.25. The van der Waals surface area contributed by atoms with E-state index >= 15 is 0 Å². The van der Waals surface area contributed by atoms with Crippen molar-refractivity contribution in [1.29, 1.82) is 0 Å². The summed E-state index contributed by atoms with van der Waals surface area (Å²) in [6.45, 7) is 5.84. The van der Waals surface area contributed by atoms with Gasteiger partial charge in [0.25, 0.3) is 0 Å². The van der Waals surface area contributed by atoms with Crippen LogP contribution in [0.2, 0.25) is 0 Å². The third kappa shape index (κ3) is 1.08. The molecule has 1 rings (SSSR count). The Hall–Kier alpha value is -0.500. The Morgan fingerprint density at radius 3 is 2.67 bits per heavy atom. The fourth-order valence-corrected chi connectivity index (χ4v) is 1.66.